The van der Waals surface area contributed by atoms with E-state index in [4.69, 9.17) is 20.1 Å². The molecule has 1 aromatic heterocycles. The summed E-state index contributed by atoms with van der Waals surface area (Å²) < 4.78 is 9.76. The third-order valence-electron chi connectivity index (χ3n) is 2.46. The largest absolute Gasteiger partial charge is 0.491 e. The van der Waals surface area contributed by atoms with Crippen LogP contribution in [-0.4, -0.2) is 16.4 Å². The molecule has 1 aromatic carbocycles. The highest BCUT2D eigenvalue weighted by atomic mass is 16.6. The number of hydrogen-bond acceptors (Lipinski definition) is 5. The van der Waals surface area contributed by atoms with E-state index >= 15 is 0 Å². The maximum Gasteiger partial charge on any atom is 0.405 e. The first-order valence-electron chi connectivity index (χ1n) is 5.28. The molecule has 2 rings (SSSR count). The summed E-state index contributed by atoms with van der Waals surface area (Å²) in [7, 11) is 0. The van der Waals surface area contributed by atoms with Crippen LogP contribution in [0.25, 0.3) is 11.3 Å². The van der Waals surface area contributed by atoms with Gasteiger partial charge in [0.1, 0.15) is 6.10 Å². The highest BCUT2D eigenvalue weighted by molar-refractivity contribution is 5.65. The van der Waals surface area contributed by atoms with Gasteiger partial charge in [0.15, 0.2) is 5.76 Å². The molecule has 6 heteroatoms. The molecule has 0 saturated heterocycles. The number of carbonyl (C=O) groups is 1. The van der Waals surface area contributed by atoms with Crippen LogP contribution < -0.4 is 5.73 Å². The molecule has 1 atom stereocenters. The van der Waals surface area contributed by atoms with Crippen LogP contribution in [0.15, 0.2) is 34.9 Å². The Hall–Kier alpha value is -2.50. The molecule has 0 fully saturated rings. The summed E-state index contributed by atoms with van der Waals surface area (Å²) in [5.74, 6) is 0.294. The maximum absolute atomic E-state index is 10.6. The minimum Gasteiger partial charge on any atom is -0.491 e. The summed E-state index contributed by atoms with van der Waals surface area (Å²) in [6, 6.07) is 8.52. The standard InChI is InChI=1S/C12H12N2O4/c1-7(17-12(13)16)8-2-4-9(5-3-8)10-6-11(15)14-18-10/h2-7H,1H3,(H2,13,16)(H,14,15). The van der Waals surface area contributed by atoms with Crippen LogP contribution >= 0.6 is 0 Å². The molecular formula is C12H12N2O4. The molecule has 2 aromatic rings. The number of carbonyl (C=O) groups excluding carboxylic acids is 1. The zero-order valence-electron chi connectivity index (χ0n) is 9.66. The van der Waals surface area contributed by atoms with Crippen molar-refractivity contribution >= 4 is 6.09 Å². The quantitative estimate of drug-likeness (QED) is 0.867. The zero-order chi connectivity index (χ0) is 13.1. The number of hydrogen-bond donors (Lipinski definition) is 2. The Balaban J connectivity index is 2.17. The third kappa shape index (κ3) is 2.60. The van der Waals surface area contributed by atoms with Gasteiger partial charge in [-0.1, -0.05) is 24.3 Å². The van der Waals surface area contributed by atoms with Gasteiger partial charge in [0.2, 0.25) is 0 Å². The van der Waals surface area contributed by atoms with Crippen LogP contribution in [-0.2, 0) is 4.74 Å². The lowest BCUT2D eigenvalue weighted by atomic mass is 10.1. The van der Waals surface area contributed by atoms with Gasteiger partial charge in [-0.15, -0.1) is 0 Å². The summed E-state index contributed by atoms with van der Waals surface area (Å²) in [6.45, 7) is 1.72. The second-order valence-corrected chi connectivity index (χ2v) is 3.75. The SMILES string of the molecule is CC(OC(N)=O)c1ccc(-c2cc(O)no2)cc1. The predicted molar refractivity (Wildman–Crippen MR) is 62.7 cm³/mol. The van der Waals surface area contributed by atoms with Crippen LogP contribution in [0.1, 0.15) is 18.6 Å². The Bertz CT molecular complexity index is 547. The van der Waals surface area contributed by atoms with Crippen molar-refractivity contribution in [1.29, 1.82) is 0 Å². The first-order valence-corrected chi connectivity index (χ1v) is 5.28. The normalized spacial score (nSPS) is 12.1. The number of primary amides is 1. The fourth-order valence-electron chi connectivity index (χ4n) is 1.56. The van der Waals surface area contributed by atoms with E-state index < -0.39 is 12.2 Å². The summed E-state index contributed by atoms with van der Waals surface area (Å²) >= 11 is 0. The number of rotatable bonds is 3. The minimum absolute atomic E-state index is 0.167. The van der Waals surface area contributed by atoms with Gasteiger partial charge >= 0.3 is 6.09 Å². The molecule has 0 bridgehead atoms. The van der Waals surface area contributed by atoms with Crippen molar-refractivity contribution in [1.82, 2.24) is 5.16 Å². The number of nitrogens with zero attached hydrogens (tertiary/aromatic N) is 1. The fraction of sp³-hybridized carbons (Fsp3) is 0.167. The van der Waals surface area contributed by atoms with Crippen LogP contribution in [0.5, 0.6) is 5.88 Å². The lowest BCUT2D eigenvalue weighted by Gasteiger charge is -2.11. The van der Waals surface area contributed by atoms with Gasteiger partial charge < -0.3 is 20.1 Å². The number of amides is 1. The van der Waals surface area contributed by atoms with E-state index in [0.717, 1.165) is 11.1 Å². The molecular weight excluding hydrogens is 236 g/mol. The van der Waals surface area contributed by atoms with Crippen molar-refractivity contribution < 1.29 is 19.2 Å². The van der Waals surface area contributed by atoms with Gasteiger partial charge in [-0.3, -0.25) is 0 Å². The van der Waals surface area contributed by atoms with Crippen molar-refractivity contribution in [3.8, 4) is 17.2 Å². The molecule has 0 aliphatic carbocycles. The Labute approximate surface area is 103 Å². The van der Waals surface area contributed by atoms with Gasteiger partial charge in [-0.2, -0.15) is 0 Å². The Morgan fingerprint density at radius 1 is 1.44 bits per heavy atom. The molecule has 94 valence electrons. The van der Waals surface area contributed by atoms with Crippen LogP contribution in [0.2, 0.25) is 0 Å². The Morgan fingerprint density at radius 3 is 2.61 bits per heavy atom. The molecule has 0 saturated carbocycles. The highest BCUT2D eigenvalue weighted by Crippen LogP contribution is 2.25. The topological polar surface area (TPSA) is 98.6 Å². The van der Waals surface area contributed by atoms with Gasteiger partial charge in [0.25, 0.3) is 5.88 Å². The monoisotopic (exact) mass is 248 g/mol. The van der Waals surface area contributed by atoms with Gasteiger partial charge in [0, 0.05) is 11.6 Å². The molecule has 0 aliphatic rings. The van der Waals surface area contributed by atoms with E-state index in [-0.39, 0.29) is 5.88 Å². The lowest BCUT2D eigenvalue weighted by molar-refractivity contribution is 0.116. The average Bonchev–Trinajstić information content (AvgIpc) is 2.75. The minimum atomic E-state index is -0.813. The first kappa shape index (κ1) is 12.0. The Kier molecular flexibility index (Phi) is 3.18. The molecule has 0 radical (unpaired) electrons. The number of nitrogens with two attached hydrogens (primary N) is 1. The van der Waals surface area contributed by atoms with Crippen molar-refractivity contribution in [2.75, 3.05) is 0 Å². The second-order valence-electron chi connectivity index (χ2n) is 3.75. The van der Waals surface area contributed by atoms with Crippen molar-refractivity contribution in [3.63, 3.8) is 0 Å². The first-order chi connectivity index (χ1) is 8.56. The molecule has 0 aliphatic heterocycles. The van der Waals surface area contributed by atoms with Gasteiger partial charge in [-0.25, -0.2) is 4.79 Å². The summed E-state index contributed by atoms with van der Waals surface area (Å²) in [4.78, 5) is 10.6. The molecule has 1 heterocycles. The van der Waals surface area contributed by atoms with Gasteiger partial charge in [0.05, 0.1) is 0 Å². The molecule has 0 spiro atoms. The van der Waals surface area contributed by atoms with Crippen LogP contribution in [0, 0.1) is 0 Å². The Morgan fingerprint density at radius 2 is 2.11 bits per heavy atom. The van der Waals surface area contributed by atoms with Crippen molar-refractivity contribution in [3.05, 3.63) is 35.9 Å². The highest BCUT2D eigenvalue weighted by Gasteiger charge is 2.10. The van der Waals surface area contributed by atoms with E-state index in [1.807, 2.05) is 0 Å². The lowest BCUT2D eigenvalue weighted by Crippen LogP contribution is -2.15. The fourth-order valence-corrected chi connectivity index (χ4v) is 1.56. The molecule has 18 heavy (non-hydrogen) atoms. The van der Waals surface area contributed by atoms with E-state index in [2.05, 4.69) is 5.16 Å². The maximum atomic E-state index is 10.6. The number of ether oxygens (including phenoxy) is 1. The zero-order valence-corrected chi connectivity index (χ0v) is 9.66. The molecule has 3 N–H and O–H groups in total. The molecule has 6 nitrogen and oxygen atoms in total. The van der Waals surface area contributed by atoms with Crippen molar-refractivity contribution in [2.45, 2.75) is 13.0 Å². The van der Waals surface area contributed by atoms with Crippen LogP contribution in [0.4, 0.5) is 4.79 Å². The predicted octanol–water partition coefficient (Wildman–Crippen LogP) is 2.20. The number of aromatic nitrogens is 1. The smallest absolute Gasteiger partial charge is 0.405 e. The molecule has 1 amide bonds. The van der Waals surface area contributed by atoms with E-state index in [9.17, 15) is 4.79 Å². The van der Waals surface area contributed by atoms with Gasteiger partial charge in [-0.05, 0) is 17.6 Å². The number of aromatic hydroxyl groups is 1. The average molecular weight is 248 g/mol. The summed E-state index contributed by atoms with van der Waals surface area (Å²) in [5, 5.41) is 12.5. The van der Waals surface area contributed by atoms with E-state index in [1.54, 1.807) is 31.2 Å². The number of benzene rings is 1. The van der Waals surface area contributed by atoms with E-state index in [0.29, 0.717) is 5.76 Å². The summed E-state index contributed by atoms with van der Waals surface area (Å²) in [5.41, 5.74) is 6.51. The molecule has 1 unspecified atom stereocenters. The van der Waals surface area contributed by atoms with E-state index in [1.165, 1.54) is 6.07 Å². The van der Waals surface area contributed by atoms with Crippen molar-refractivity contribution in [2.24, 2.45) is 5.73 Å². The van der Waals surface area contributed by atoms with Crippen LogP contribution in [0.3, 0.4) is 0 Å². The third-order valence-corrected chi connectivity index (χ3v) is 2.46. The summed E-state index contributed by atoms with van der Waals surface area (Å²) in [6.07, 6.45) is -1.23. The second kappa shape index (κ2) is 4.79.